The van der Waals surface area contributed by atoms with Crippen molar-refractivity contribution in [2.45, 2.75) is 12.8 Å². The Morgan fingerprint density at radius 1 is 1.64 bits per heavy atom. The standard InChI is InChI=1S/C10H11NO3.H2/c11-9(12)5-10(13)14-8-3-1-2-6-4-7(6)8;/h1-3,6-7H,4-5H2,(H2,11,12);1H. The van der Waals surface area contributed by atoms with Gasteiger partial charge in [-0.3, -0.25) is 9.59 Å². The van der Waals surface area contributed by atoms with Crippen molar-refractivity contribution in [3.8, 4) is 0 Å². The van der Waals surface area contributed by atoms with E-state index >= 15 is 0 Å². The van der Waals surface area contributed by atoms with Crippen LogP contribution in [0.4, 0.5) is 0 Å². The molecule has 0 radical (unpaired) electrons. The second-order valence-electron chi connectivity index (χ2n) is 3.58. The quantitative estimate of drug-likeness (QED) is 0.533. The Labute approximate surface area is 82.9 Å². The lowest BCUT2D eigenvalue weighted by atomic mass is 10.2. The Kier molecular flexibility index (Phi) is 2.11. The zero-order chi connectivity index (χ0) is 10.1. The van der Waals surface area contributed by atoms with Crippen molar-refractivity contribution in [2.75, 3.05) is 0 Å². The zero-order valence-electron chi connectivity index (χ0n) is 7.60. The third kappa shape index (κ3) is 1.84. The Bertz CT molecular complexity index is 349. The van der Waals surface area contributed by atoms with Crippen molar-refractivity contribution in [3.63, 3.8) is 0 Å². The summed E-state index contributed by atoms with van der Waals surface area (Å²) in [6.07, 6.45) is 6.43. The summed E-state index contributed by atoms with van der Waals surface area (Å²) in [5, 5.41) is 0. The molecule has 1 fully saturated rings. The highest BCUT2D eigenvalue weighted by Gasteiger charge is 2.41. The van der Waals surface area contributed by atoms with Gasteiger partial charge in [0.05, 0.1) is 0 Å². The smallest absolute Gasteiger partial charge is 0.320 e. The van der Waals surface area contributed by atoms with Gasteiger partial charge in [0.25, 0.3) is 0 Å². The van der Waals surface area contributed by atoms with Gasteiger partial charge in [0.15, 0.2) is 0 Å². The van der Waals surface area contributed by atoms with Gasteiger partial charge < -0.3 is 10.5 Å². The molecule has 0 aromatic carbocycles. The number of carbonyl (C=O) groups excluding carboxylic acids is 2. The van der Waals surface area contributed by atoms with Crippen molar-refractivity contribution >= 4 is 11.9 Å². The summed E-state index contributed by atoms with van der Waals surface area (Å²) in [5.41, 5.74) is 4.87. The van der Waals surface area contributed by atoms with Crippen molar-refractivity contribution in [2.24, 2.45) is 17.6 Å². The van der Waals surface area contributed by atoms with Crippen molar-refractivity contribution < 1.29 is 15.8 Å². The summed E-state index contributed by atoms with van der Waals surface area (Å²) >= 11 is 0. The van der Waals surface area contributed by atoms with E-state index < -0.39 is 11.9 Å². The van der Waals surface area contributed by atoms with E-state index in [1.807, 2.05) is 6.08 Å². The molecule has 4 heteroatoms. The van der Waals surface area contributed by atoms with Gasteiger partial charge in [0.2, 0.25) is 5.91 Å². The van der Waals surface area contributed by atoms with E-state index in [-0.39, 0.29) is 7.85 Å². The molecular weight excluding hydrogens is 182 g/mol. The molecule has 1 saturated carbocycles. The highest BCUT2D eigenvalue weighted by molar-refractivity contribution is 5.93. The first-order valence-corrected chi connectivity index (χ1v) is 4.54. The molecule has 2 unspecified atom stereocenters. The Balaban J connectivity index is 0.00000112. The van der Waals surface area contributed by atoms with Crippen LogP contribution in [-0.2, 0) is 14.3 Å². The van der Waals surface area contributed by atoms with Gasteiger partial charge in [0, 0.05) is 7.34 Å². The van der Waals surface area contributed by atoms with Crippen LogP contribution in [0.1, 0.15) is 14.3 Å². The Morgan fingerprint density at radius 2 is 2.43 bits per heavy atom. The van der Waals surface area contributed by atoms with Crippen LogP contribution in [-0.4, -0.2) is 11.9 Å². The summed E-state index contributed by atoms with van der Waals surface area (Å²) in [6.45, 7) is 0. The number of ether oxygens (including phenoxy) is 1. The SMILES string of the molecule is NC(=O)CC(=O)OC1=CC=CC2CC12.[HH]. The molecular formula is C10H13NO3. The van der Waals surface area contributed by atoms with Gasteiger partial charge >= 0.3 is 5.97 Å². The minimum Gasteiger partial charge on any atom is -0.430 e. The van der Waals surface area contributed by atoms with Crippen molar-refractivity contribution in [3.05, 3.63) is 24.0 Å². The third-order valence-electron chi connectivity index (χ3n) is 2.37. The molecule has 4 nitrogen and oxygen atoms in total. The Morgan fingerprint density at radius 3 is 3.14 bits per heavy atom. The highest BCUT2D eigenvalue weighted by atomic mass is 16.5. The van der Waals surface area contributed by atoms with E-state index in [4.69, 9.17) is 10.5 Å². The number of fused-ring (bicyclic) bond motifs is 1. The maximum atomic E-state index is 11.1. The van der Waals surface area contributed by atoms with Gasteiger partial charge in [-0.25, -0.2) is 0 Å². The van der Waals surface area contributed by atoms with E-state index in [1.54, 1.807) is 6.08 Å². The van der Waals surface area contributed by atoms with Crippen LogP contribution in [0.5, 0.6) is 0 Å². The highest BCUT2D eigenvalue weighted by Crippen LogP contribution is 2.47. The van der Waals surface area contributed by atoms with E-state index in [9.17, 15) is 9.59 Å². The summed E-state index contributed by atoms with van der Waals surface area (Å²) in [7, 11) is 0. The number of hydrogen-bond donors (Lipinski definition) is 1. The molecule has 0 spiro atoms. The normalized spacial score (nSPS) is 27.6. The van der Waals surface area contributed by atoms with Crippen molar-refractivity contribution in [1.82, 2.24) is 0 Å². The molecule has 2 rings (SSSR count). The van der Waals surface area contributed by atoms with Crippen LogP contribution in [0.2, 0.25) is 0 Å². The average Bonchev–Trinajstić information content (AvgIpc) is 2.81. The minimum atomic E-state index is -0.658. The number of carbonyl (C=O) groups is 2. The van der Waals surface area contributed by atoms with E-state index in [1.165, 1.54) is 0 Å². The van der Waals surface area contributed by atoms with Crippen molar-refractivity contribution in [1.29, 1.82) is 0 Å². The molecule has 2 atom stereocenters. The lowest BCUT2D eigenvalue weighted by Gasteiger charge is -2.08. The van der Waals surface area contributed by atoms with E-state index in [2.05, 4.69) is 6.08 Å². The summed E-state index contributed by atoms with van der Waals surface area (Å²) in [5.74, 6) is 0.316. The average molecular weight is 195 g/mol. The zero-order valence-corrected chi connectivity index (χ0v) is 7.60. The monoisotopic (exact) mass is 195 g/mol. The fraction of sp³-hybridized carbons (Fsp3) is 0.400. The number of nitrogens with two attached hydrogens (primary N) is 1. The first kappa shape index (κ1) is 8.99. The minimum absolute atomic E-state index is 0. The number of esters is 1. The van der Waals surface area contributed by atoms with Gasteiger partial charge in [-0.15, -0.1) is 0 Å². The number of primary amides is 1. The fourth-order valence-electron chi connectivity index (χ4n) is 1.59. The first-order valence-electron chi connectivity index (χ1n) is 4.54. The van der Waals surface area contributed by atoms with Crippen LogP contribution in [0.3, 0.4) is 0 Å². The van der Waals surface area contributed by atoms with Gasteiger partial charge in [0.1, 0.15) is 12.2 Å². The van der Waals surface area contributed by atoms with Crippen LogP contribution in [0.25, 0.3) is 0 Å². The number of rotatable bonds is 3. The third-order valence-corrected chi connectivity index (χ3v) is 2.37. The molecule has 0 bridgehead atoms. The largest absolute Gasteiger partial charge is 0.430 e. The second-order valence-corrected chi connectivity index (χ2v) is 3.58. The molecule has 2 aliphatic carbocycles. The number of hydrogen-bond acceptors (Lipinski definition) is 3. The molecule has 0 saturated heterocycles. The second kappa shape index (κ2) is 3.29. The molecule has 0 aliphatic heterocycles. The lowest BCUT2D eigenvalue weighted by Crippen LogP contribution is -2.18. The molecule has 0 heterocycles. The maximum absolute atomic E-state index is 11.1. The summed E-state index contributed by atoms with van der Waals surface area (Å²) in [4.78, 5) is 21.5. The van der Waals surface area contributed by atoms with Crippen LogP contribution in [0.15, 0.2) is 24.0 Å². The fourth-order valence-corrected chi connectivity index (χ4v) is 1.59. The maximum Gasteiger partial charge on any atom is 0.320 e. The Hall–Kier alpha value is -1.58. The molecule has 76 valence electrons. The van der Waals surface area contributed by atoms with E-state index in [0.717, 1.165) is 6.42 Å². The molecule has 0 aromatic heterocycles. The van der Waals surface area contributed by atoms with Crippen LogP contribution < -0.4 is 5.73 Å². The summed E-state index contributed by atoms with van der Waals surface area (Å²) in [6, 6.07) is 0. The molecule has 2 N–H and O–H groups in total. The first-order chi connectivity index (χ1) is 6.66. The number of amides is 1. The summed E-state index contributed by atoms with van der Waals surface area (Å²) < 4.78 is 5.03. The predicted molar refractivity (Wildman–Crippen MR) is 50.8 cm³/mol. The van der Waals surface area contributed by atoms with Crippen LogP contribution >= 0.6 is 0 Å². The van der Waals surface area contributed by atoms with Gasteiger partial charge in [-0.1, -0.05) is 12.2 Å². The topological polar surface area (TPSA) is 69.4 Å². The molecule has 2 aliphatic rings. The van der Waals surface area contributed by atoms with Crippen LogP contribution in [0, 0.1) is 11.8 Å². The molecule has 0 aromatic rings. The molecule has 1 amide bonds. The van der Waals surface area contributed by atoms with Gasteiger partial charge in [-0.2, -0.15) is 0 Å². The van der Waals surface area contributed by atoms with Gasteiger partial charge in [-0.05, 0) is 18.4 Å². The predicted octanol–water partition coefficient (Wildman–Crippen LogP) is 0.741. The molecule has 14 heavy (non-hydrogen) atoms. The lowest BCUT2D eigenvalue weighted by molar-refractivity contribution is -0.142. The number of allylic oxidation sites excluding steroid dienone is 4. The van der Waals surface area contributed by atoms with E-state index in [0.29, 0.717) is 17.6 Å².